The van der Waals surface area contributed by atoms with E-state index in [9.17, 15) is 13.6 Å². The third kappa shape index (κ3) is 2.80. The van der Waals surface area contributed by atoms with Crippen LogP contribution >= 0.6 is 15.9 Å². The Morgan fingerprint density at radius 3 is 2.76 bits per heavy atom. The zero-order valence-corrected chi connectivity index (χ0v) is 15.1. The fourth-order valence-electron chi connectivity index (χ4n) is 3.36. The lowest BCUT2D eigenvalue weighted by Gasteiger charge is -2.22. The van der Waals surface area contributed by atoms with Gasteiger partial charge in [-0.25, -0.2) is 13.6 Å². The lowest BCUT2D eigenvalue weighted by Crippen LogP contribution is -2.41. The maximum Gasteiger partial charge on any atom is 0.322 e. The number of urea groups is 1. The number of carbonyl (C=O) groups is 1. The summed E-state index contributed by atoms with van der Waals surface area (Å²) in [6.45, 7) is 2.34. The van der Waals surface area contributed by atoms with Crippen molar-refractivity contribution >= 4 is 27.6 Å². The average Bonchev–Trinajstić information content (AvgIpc) is 3.27. The molecule has 2 aromatic rings. The molecule has 25 heavy (non-hydrogen) atoms. The standard InChI is InChI=1S/C18H16BrF2N3O/c1-10(11-2-3-13(20)14(21)6-11)23-17(25)24-9-18(4-5-18)16-15(24)7-12(19)8-22-16/h2-3,6-8,10H,4-5,9H2,1H3,(H,23,25)/t10-/m0/s1. The molecule has 1 atom stereocenters. The summed E-state index contributed by atoms with van der Waals surface area (Å²) in [7, 11) is 0. The third-order valence-corrected chi connectivity index (χ3v) is 5.40. The van der Waals surface area contributed by atoms with Crippen molar-refractivity contribution in [3.63, 3.8) is 0 Å². The van der Waals surface area contributed by atoms with Crippen LogP contribution in [0.4, 0.5) is 19.3 Å². The number of nitrogens with zero attached hydrogens (tertiary/aromatic N) is 2. The van der Waals surface area contributed by atoms with Crippen LogP contribution < -0.4 is 10.2 Å². The van der Waals surface area contributed by atoms with E-state index in [0.29, 0.717) is 12.1 Å². The number of fused-ring (bicyclic) bond motifs is 2. The van der Waals surface area contributed by atoms with Gasteiger partial charge in [-0.3, -0.25) is 9.88 Å². The summed E-state index contributed by atoms with van der Waals surface area (Å²) >= 11 is 3.40. The summed E-state index contributed by atoms with van der Waals surface area (Å²) in [6.07, 6.45) is 3.80. The van der Waals surface area contributed by atoms with Gasteiger partial charge in [0, 0.05) is 22.6 Å². The third-order valence-electron chi connectivity index (χ3n) is 4.97. The molecular formula is C18H16BrF2N3O. The van der Waals surface area contributed by atoms with Crippen molar-refractivity contribution in [1.29, 1.82) is 0 Å². The molecule has 1 fully saturated rings. The Kier molecular flexibility index (Phi) is 3.79. The number of carbonyl (C=O) groups excluding carboxylic acids is 1. The number of rotatable bonds is 2. The number of pyridine rings is 1. The number of hydrogen-bond acceptors (Lipinski definition) is 2. The summed E-state index contributed by atoms with van der Waals surface area (Å²) < 4.78 is 27.3. The largest absolute Gasteiger partial charge is 0.331 e. The van der Waals surface area contributed by atoms with Gasteiger partial charge in [-0.2, -0.15) is 0 Å². The molecule has 1 aromatic heterocycles. The minimum Gasteiger partial charge on any atom is -0.331 e. The predicted octanol–water partition coefficient (Wildman–Crippen LogP) is 4.44. The van der Waals surface area contributed by atoms with Crippen molar-refractivity contribution < 1.29 is 13.6 Å². The second-order valence-corrected chi connectivity index (χ2v) is 7.65. The molecule has 0 bridgehead atoms. The first-order valence-corrected chi connectivity index (χ1v) is 8.88. The Balaban J connectivity index is 1.56. The van der Waals surface area contributed by atoms with E-state index in [1.165, 1.54) is 6.07 Å². The number of nitrogens with one attached hydrogen (secondary N) is 1. The molecule has 7 heteroatoms. The molecule has 1 saturated carbocycles. The highest BCUT2D eigenvalue weighted by atomic mass is 79.9. The van der Waals surface area contributed by atoms with Crippen LogP contribution in [0.1, 0.15) is 37.1 Å². The monoisotopic (exact) mass is 407 g/mol. The topological polar surface area (TPSA) is 45.2 Å². The van der Waals surface area contributed by atoms with Gasteiger partial charge in [-0.05, 0) is 59.5 Å². The Morgan fingerprint density at radius 1 is 1.32 bits per heavy atom. The number of anilines is 1. The van der Waals surface area contributed by atoms with Gasteiger partial charge in [0.15, 0.2) is 11.6 Å². The molecule has 0 unspecified atom stereocenters. The van der Waals surface area contributed by atoms with Crippen molar-refractivity contribution in [3.05, 3.63) is 57.8 Å². The molecule has 1 spiro atoms. The number of benzene rings is 1. The number of halogens is 3. The minimum absolute atomic E-state index is 0.0153. The van der Waals surface area contributed by atoms with Crippen molar-refractivity contribution in [3.8, 4) is 0 Å². The van der Waals surface area contributed by atoms with Gasteiger partial charge in [0.05, 0.1) is 17.4 Å². The first-order valence-electron chi connectivity index (χ1n) is 8.09. The molecule has 1 aliphatic carbocycles. The number of hydrogen-bond donors (Lipinski definition) is 1. The predicted molar refractivity (Wildman–Crippen MR) is 93.5 cm³/mol. The van der Waals surface area contributed by atoms with Crippen LogP contribution in [0.5, 0.6) is 0 Å². The molecule has 1 aliphatic heterocycles. The van der Waals surface area contributed by atoms with Crippen molar-refractivity contribution in [2.75, 3.05) is 11.4 Å². The molecule has 4 nitrogen and oxygen atoms in total. The lowest BCUT2D eigenvalue weighted by atomic mass is 10.1. The van der Waals surface area contributed by atoms with Crippen LogP contribution in [0.2, 0.25) is 0 Å². The quantitative estimate of drug-likeness (QED) is 0.799. The molecule has 0 saturated heterocycles. The summed E-state index contributed by atoms with van der Waals surface area (Å²) in [5.41, 5.74) is 2.27. The van der Waals surface area contributed by atoms with E-state index >= 15 is 0 Å². The molecule has 1 N–H and O–H groups in total. The van der Waals surface area contributed by atoms with Gasteiger partial charge in [0.25, 0.3) is 0 Å². The Bertz CT molecular complexity index is 869. The molecule has 1 aromatic carbocycles. The van der Waals surface area contributed by atoms with Crippen LogP contribution in [0.25, 0.3) is 0 Å². The second-order valence-electron chi connectivity index (χ2n) is 6.73. The van der Waals surface area contributed by atoms with Crippen molar-refractivity contribution in [2.45, 2.75) is 31.2 Å². The normalized spacial score (nSPS) is 18.2. The zero-order valence-electron chi connectivity index (χ0n) is 13.5. The van der Waals surface area contributed by atoms with E-state index in [4.69, 9.17) is 0 Å². The second kappa shape index (κ2) is 5.76. The Labute approximate surface area is 152 Å². The highest BCUT2D eigenvalue weighted by molar-refractivity contribution is 9.10. The molecule has 4 rings (SSSR count). The van der Waals surface area contributed by atoms with Crippen LogP contribution in [0.3, 0.4) is 0 Å². The fraction of sp³-hybridized carbons (Fsp3) is 0.333. The maximum absolute atomic E-state index is 13.4. The number of amides is 2. The lowest BCUT2D eigenvalue weighted by molar-refractivity contribution is 0.243. The van der Waals surface area contributed by atoms with E-state index in [-0.39, 0.29) is 11.4 Å². The Morgan fingerprint density at radius 2 is 2.08 bits per heavy atom. The number of aromatic nitrogens is 1. The van der Waals surface area contributed by atoms with E-state index < -0.39 is 17.7 Å². The smallest absolute Gasteiger partial charge is 0.322 e. The van der Waals surface area contributed by atoms with Crippen LogP contribution in [-0.4, -0.2) is 17.6 Å². The van der Waals surface area contributed by atoms with Crippen LogP contribution in [-0.2, 0) is 5.41 Å². The summed E-state index contributed by atoms with van der Waals surface area (Å²) in [5, 5.41) is 2.87. The van der Waals surface area contributed by atoms with Gasteiger partial charge in [0.2, 0.25) is 0 Å². The van der Waals surface area contributed by atoms with Gasteiger partial charge in [-0.15, -0.1) is 0 Å². The van der Waals surface area contributed by atoms with E-state index in [0.717, 1.165) is 40.8 Å². The minimum atomic E-state index is -0.921. The summed E-state index contributed by atoms with van der Waals surface area (Å²) in [5.74, 6) is -1.82. The van der Waals surface area contributed by atoms with Gasteiger partial charge >= 0.3 is 6.03 Å². The average molecular weight is 408 g/mol. The molecule has 2 amide bonds. The van der Waals surface area contributed by atoms with E-state index in [2.05, 4.69) is 26.2 Å². The first-order chi connectivity index (χ1) is 11.9. The highest BCUT2D eigenvalue weighted by Gasteiger charge is 2.54. The van der Waals surface area contributed by atoms with Crippen LogP contribution in [0.15, 0.2) is 34.9 Å². The molecule has 2 heterocycles. The maximum atomic E-state index is 13.4. The van der Waals surface area contributed by atoms with E-state index in [1.54, 1.807) is 18.0 Å². The van der Waals surface area contributed by atoms with Gasteiger partial charge in [-0.1, -0.05) is 6.07 Å². The van der Waals surface area contributed by atoms with Gasteiger partial charge in [0.1, 0.15) is 0 Å². The summed E-state index contributed by atoms with van der Waals surface area (Å²) in [6, 6.07) is 4.85. The molecule has 130 valence electrons. The Hall–Kier alpha value is -2.02. The van der Waals surface area contributed by atoms with Crippen LogP contribution in [0, 0.1) is 11.6 Å². The highest BCUT2D eigenvalue weighted by Crippen LogP contribution is 2.55. The first kappa shape index (κ1) is 16.4. The summed E-state index contributed by atoms with van der Waals surface area (Å²) in [4.78, 5) is 19.0. The van der Waals surface area contributed by atoms with Crippen molar-refractivity contribution in [2.24, 2.45) is 0 Å². The SMILES string of the molecule is C[C@H](NC(=O)N1CC2(CC2)c2ncc(Br)cc21)c1ccc(F)c(F)c1. The molecule has 2 aliphatic rings. The zero-order chi connectivity index (χ0) is 17.8. The molecule has 0 radical (unpaired) electrons. The van der Waals surface area contributed by atoms with E-state index in [1.807, 2.05) is 6.07 Å². The fourth-order valence-corrected chi connectivity index (χ4v) is 3.68. The van der Waals surface area contributed by atoms with Crippen molar-refractivity contribution in [1.82, 2.24) is 10.3 Å². The van der Waals surface area contributed by atoms with Gasteiger partial charge < -0.3 is 5.32 Å². The molecular weight excluding hydrogens is 392 g/mol.